The summed E-state index contributed by atoms with van der Waals surface area (Å²) in [5, 5.41) is 10.4. The van der Waals surface area contributed by atoms with Gasteiger partial charge in [0.15, 0.2) is 0 Å². The van der Waals surface area contributed by atoms with Crippen molar-refractivity contribution >= 4 is 11.9 Å². The summed E-state index contributed by atoms with van der Waals surface area (Å²) in [6, 6.07) is 1.83. The van der Waals surface area contributed by atoms with Crippen LogP contribution in [0.3, 0.4) is 0 Å². The van der Waals surface area contributed by atoms with E-state index in [0.717, 1.165) is 24.8 Å². The normalized spacial score (nSPS) is 46.9. The Hall–Kier alpha value is -1.82. The van der Waals surface area contributed by atoms with Gasteiger partial charge in [-0.05, 0) is 37.2 Å². The number of carbonyl (C=O) groups excluding carboxylic acids is 2. The van der Waals surface area contributed by atoms with E-state index in [4.69, 9.17) is 13.9 Å². The lowest BCUT2D eigenvalue weighted by atomic mass is 9.44. The van der Waals surface area contributed by atoms with E-state index in [-0.39, 0.29) is 48.5 Å². The highest BCUT2D eigenvalue weighted by molar-refractivity contribution is 5.82. The van der Waals surface area contributed by atoms with Crippen LogP contribution in [0.4, 0.5) is 0 Å². The van der Waals surface area contributed by atoms with Gasteiger partial charge in [-0.2, -0.15) is 0 Å². The Morgan fingerprint density at radius 3 is 2.85 bits per heavy atom. The zero-order chi connectivity index (χ0) is 18.1. The van der Waals surface area contributed by atoms with E-state index < -0.39 is 10.8 Å². The number of fused-ring (bicyclic) bond motifs is 1. The van der Waals surface area contributed by atoms with Crippen LogP contribution in [0.1, 0.15) is 50.7 Å². The van der Waals surface area contributed by atoms with Crippen molar-refractivity contribution in [3.63, 3.8) is 0 Å². The highest BCUT2D eigenvalue weighted by atomic mass is 16.6. The van der Waals surface area contributed by atoms with Gasteiger partial charge in [-0.3, -0.25) is 9.59 Å². The summed E-state index contributed by atoms with van der Waals surface area (Å²) in [5.74, 6) is -0.751. The molecule has 2 saturated heterocycles. The zero-order valence-electron chi connectivity index (χ0n) is 14.8. The van der Waals surface area contributed by atoms with Gasteiger partial charge in [0, 0.05) is 17.4 Å². The number of cyclic esters (lactones) is 1. The Kier molecular flexibility index (Phi) is 3.36. The first kappa shape index (κ1) is 16.4. The molecule has 1 aromatic rings. The van der Waals surface area contributed by atoms with Gasteiger partial charge in [0.2, 0.25) is 0 Å². The lowest BCUT2D eigenvalue weighted by Crippen LogP contribution is -2.62. The Bertz CT molecular complexity index is 741. The van der Waals surface area contributed by atoms with Crippen molar-refractivity contribution in [3.05, 3.63) is 24.2 Å². The number of hydrogen-bond acceptors (Lipinski definition) is 6. The maximum Gasteiger partial charge on any atom is 0.313 e. The number of ether oxygens (including phenoxy) is 2. The first-order valence-electron chi connectivity index (χ1n) is 9.58. The Balaban J connectivity index is 1.61. The van der Waals surface area contributed by atoms with E-state index in [2.05, 4.69) is 6.92 Å². The number of carbonyl (C=O) groups is 2. The van der Waals surface area contributed by atoms with Crippen molar-refractivity contribution in [1.29, 1.82) is 0 Å². The van der Waals surface area contributed by atoms with Crippen LogP contribution in [0.25, 0.3) is 0 Å². The third kappa shape index (κ3) is 1.76. The topological polar surface area (TPSA) is 86.0 Å². The number of aliphatic hydroxyl groups excluding tert-OH is 1. The van der Waals surface area contributed by atoms with E-state index >= 15 is 0 Å². The molecule has 4 fully saturated rings. The molecule has 0 unspecified atom stereocenters. The number of furan rings is 1. The average molecular weight is 360 g/mol. The second-order valence-corrected chi connectivity index (χ2v) is 8.56. The molecule has 2 aliphatic heterocycles. The number of esters is 2. The minimum Gasteiger partial charge on any atom is -0.472 e. The average Bonchev–Trinajstić information content (AvgIpc) is 3.33. The molecule has 4 aliphatic rings. The molecule has 0 amide bonds. The van der Waals surface area contributed by atoms with E-state index in [1.807, 2.05) is 6.07 Å². The Morgan fingerprint density at radius 2 is 2.12 bits per heavy atom. The molecule has 6 heteroatoms. The maximum absolute atomic E-state index is 13.2. The molecular formula is C20H24O6. The first-order valence-corrected chi connectivity index (χ1v) is 9.58. The number of rotatable bonds is 2. The van der Waals surface area contributed by atoms with E-state index in [9.17, 15) is 14.7 Å². The highest BCUT2D eigenvalue weighted by Gasteiger charge is 2.73. The molecule has 0 bridgehead atoms. The van der Waals surface area contributed by atoms with E-state index in [1.54, 1.807) is 12.5 Å². The lowest BCUT2D eigenvalue weighted by molar-refractivity contribution is -0.184. The quantitative estimate of drug-likeness (QED) is 0.816. The van der Waals surface area contributed by atoms with Crippen LogP contribution in [0.15, 0.2) is 23.0 Å². The van der Waals surface area contributed by atoms with Crippen molar-refractivity contribution in [3.8, 4) is 0 Å². The molecule has 2 saturated carbocycles. The second kappa shape index (κ2) is 5.35. The monoisotopic (exact) mass is 360 g/mol. The van der Waals surface area contributed by atoms with Gasteiger partial charge in [0.25, 0.3) is 0 Å². The molecule has 0 radical (unpaired) electrons. The summed E-state index contributed by atoms with van der Waals surface area (Å²) < 4.78 is 16.7. The number of hydrogen-bond donors (Lipinski definition) is 1. The van der Waals surface area contributed by atoms with Crippen LogP contribution in [-0.2, 0) is 19.1 Å². The summed E-state index contributed by atoms with van der Waals surface area (Å²) in [4.78, 5) is 25.7. The first-order chi connectivity index (χ1) is 12.5. The van der Waals surface area contributed by atoms with Crippen molar-refractivity contribution < 1.29 is 28.6 Å². The highest BCUT2D eigenvalue weighted by Crippen LogP contribution is 2.69. The minimum absolute atomic E-state index is 0.0335. The predicted octanol–water partition coefficient (Wildman–Crippen LogP) is 2.61. The maximum atomic E-state index is 13.2. The minimum atomic E-state index is -0.673. The molecule has 5 rings (SSSR count). The van der Waals surface area contributed by atoms with Crippen molar-refractivity contribution in [2.75, 3.05) is 6.61 Å². The predicted molar refractivity (Wildman–Crippen MR) is 88.6 cm³/mol. The van der Waals surface area contributed by atoms with Gasteiger partial charge in [-0.15, -0.1) is 0 Å². The summed E-state index contributed by atoms with van der Waals surface area (Å²) in [6.07, 6.45) is 6.20. The zero-order valence-corrected chi connectivity index (χ0v) is 14.8. The Morgan fingerprint density at radius 1 is 1.27 bits per heavy atom. The second-order valence-electron chi connectivity index (χ2n) is 8.56. The fourth-order valence-electron chi connectivity index (χ4n) is 6.63. The fraction of sp³-hybridized carbons (Fsp3) is 0.700. The lowest BCUT2D eigenvalue weighted by Gasteiger charge is -2.57. The fourth-order valence-corrected chi connectivity index (χ4v) is 6.63. The van der Waals surface area contributed by atoms with Crippen LogP contribution in [-0.4, -0.2) is 29.8 Å². The van der Waals surface area contributed by atoms with E-state index in [0.29, 0.717) is 12.8 Å². The van der Waals surface area contributed by atoms with E-state index in [1.165, 1.54) is 0 Å². The molecule has 1 spiro atoms. The molecule has 1 aromatic heterocycles. The summed E-state index contributed by atoms with van der Waals surface area (Å²) in [5.41, 5.74) is -0.450. The smallest absolute Gasteiger partial charge is 0.313 e. The summed E-state index contributed by atoms with van der Waals surface area (Å²) in [6.45, 7) is 1.95. The standard InChI is InChI=1S/C20H24O6/c1-11-7-16-20(10-21)13(17(22)26-16)3-2-4-15(20)19(11)8-14(25-18(19)23)12-5-6-24-9-12/h5-6,9,11,13-16,21H,2-4,7-8,10H2,1H3/t11-,13+,14-,15+,16+,19-,20+/m1/s1. The van der Waals surface area contributed by atoms with Crippen molar-refractivity contribution in [1.82, 2.24) is 0 Å². The van der Waals surface area contributed by atoms with Crippen LogP contribution in [0.2, 0.25) is 0 Å². The van der Waals surface area contributed by atoms with Gasteiger partial charge in [0.1, 0.15) is 12.2 Å². The van der Waals surface area contributed by atoms with Crippen molar-refractivity contribution in [2.45, 2.75) is 51.2 Å². The van der Waals surface area contributed by atoms with Gasteiger partial charge in [-0.1, -0.05) is 13.3 Å². The van der Waals surface area contributed by atoms with Gasteiger partial charge < -0.3 is 19.0 Å². The molecule has 1 N–H and O–H groups in total. The number of aliphatic hydroxyl groups is 1. The molecule has 0 aromatic carbocycles. The van der Waals surface area contributed by atoms with Crippen LogP contribution in [0, 0.1) is 28.6 Å². The molecule has 7 atom stereocenters. The molecule has 3 heterocycles. The molecule has 2 aliphatic carbocycles. The SMILES string of the molecule is C[C@@H]1C[C@@H]2OC(=O)[C@@H]3CCC[C@@H]([C@@]14C[C@H](c1ccoc1)OC4=O)[C@@]23CO. The third-order valence-corrected chi connectivity index (χ3v) is 7.84. The van der Waals surface area contributed by atoms with Crippen LogP contribution < -0.4 is 0 Å². The largest absolute Gasteiger partial charge is 0.472 e. The van der Waals surface area contributed by atoms with Crippen LogP contribution in [0.5, 0.6) is 0 Å². The van der Waals surface area contributed by atoms with Crippen LogP contribution >= 0.6 is 0 Å². The third-order valence-electron chi connectivity index (χ3n) is 7.84. The van der Waals surface area contributed by atoms with Gasteiger partial charge >= 0.3 is 11.9 Å². The molecule has 6 nitrogen and oxygen atoms in total. The molecule has 26 heavy (non-hydrogen) atoms. The van der Waals surface area contributed by atoms with Gasteiger partial charge in [-0.25, -0.2) is 0 Å². The van der Waals surface area contributed by atoms with Gasteiger partial charge in [0.05, 0.1) is 30.5 Å². The summed E-state index contributed by atoms with van der Waals surface area (Å²) in [7, 11) is 0. The molecular weight excluding hydrogens is 336 g/mol. The summed E-state index contributed by atoms with van der Waals surface area (Å²) >= 11 is 0. The van der Waals surface area contributed by atoms with Crippen molar-refractivity contribution in [2.24, 2.45) is 28.6 Å². The Labute approximate surface area is 151 Å². The molecule has 140 valence electrons.